The van der Waals surface area contributed by atoms with Gasteiger partial charge in [0.25, 0.3) is 6.29 Å². The quantitative estimate of drug-likeness (QED) is 0.415. The number of esters is 1. The van der Waals surface area contributed by atoms with Crippen LogP contribution in [0, 0.1) is 0 Å². The molecule has 1 rings (SSSR count). The van der Waals surface area contributed by atoms with Gasteiger partial charge in [-0.1, -0.05) is 6.58 Å². The van der Waals surface area contributed by atoms with E-state index in [-0.39, 0.29) is 5.76 Å². The zero-order valence-corrected chi connectivity index (χ0v) is 6.27. The highest BCUT2D eigenvalue weighted by molar-refractivity contribution is 5.81. The van der Waals surface area contributed by atoms with Gasteiger partial charge in [-0.05, 0) is 12.1 Å². The first kappa shape index (κ1) is 8.55. The predicted molar refractivity (Wildman–Crippen MR) is 40.0 cm³/mol. The lowest BCUT2D eigenvalue weighted by Gasteiger charge is -2.06. The van der Waals surface area contributed by atoms with E-state index in [1.807, 2.05) is 0 Å². The van der Waals surface area contributed by atoms with Crippen LogP contribution in [0.2, 0.25) is 0 Å². The van der Waals surface area contributed by atoms with Gasteiger partial charge in [-0.2, -0.15) is 0 Å². The number of aliphatic hydroxyl groups excluding tert-OH is 1. The summed E-state index contributed by atoms with van der Waals surface area (Å²) in [5, 5.41) is 9.13. The molecular formula is C8H8O4. The molecule has 1 atom stereocenters. The Labute approximate surface area is 69.1 Å². The number of ether oxygens (including phenoxy) is 1. The van der Waals surface area contributed by atoms with Crippen molar-refractivity contribution in [3.05, 3.63) is 36.8 Å². The van der Waals surface area contributed by atoms with E-state index in [2.05, 4.69) is 11.3 Å². The molecule has 1 heterocycles. The molecule has 1 unspecified atom stereocenters. The predicted octanol–water partition coefficient (Wildman–Crippen LogP) is 1.000. The standard InChI is InChI=1S/C8H8O4/c1-2-7(9)12-8(10)6-4-3-5-11-6/h2-5,8,10H,1H2. The average molecular weight is 168 g/mol. The molecule has 64 valence electrons. The molecular weight excluding hydrogens is 160 g/mol. The maximum Gasteiger partial charge on any atom is 0.332 e. The second-order valence-electron chi connectivity index (χ2n) is 2.01. The Bertz CT molecular complexity index is 263. The van der Waals surface area contributed by atoms with Crippen LogP contribution in [-0.2, 0) is 9.53 Å². The molecule has 4 heteroatoms. The van der Waals surface area contributed by atoms with Crippen LogP contribution in [-0.4, -0.2) is 11.1 Å². The Kier molecular flexibility index (Phi) is 2.66. The van der Waals surface area contributed by atoms with Gasteiger partial charge in [0, 0.05) is 6.08 Å². The third kappa shape index (κ3) is 1.96. The fourth-order valence-corrected chi connectivity index (χ4v) is 0.648. The van der Waals surface area contributed by atoms with Gasteiger partial charge < -0.3 is 14.3 Å². The molecule has 0 saturated heterocycles. The van der Waals surface area contributed by atoms with Gasteiger partial charge in [0.2, 0.25) is 0 Å². The molecule has 1 aromatic heterocycles. The number of aliphatic hydroxyl groups is 1. The van der Waals surface area contributed by atoms with E-state index in [0.717, 1.165) is 6.08 Å². The van der Waals surface area contributed by atoms with Crippen LogP contribution in [0.1, 0.15) is 12.1 Å². The summed E-state index contributed by atoms with van der Waals surface area (Å²) < 4.78 is 9.23. The van der Waals surface area contributed by atoms with Gasteiger partial charge in [-0.3, -0.25) is 0 Å². The first-order valence-corrected chi connectivity index (χ1v) is 3.28. The second kappa shape index (κ2) is 3.73. The van der Waals surface area contributed by atoms with Crippen molar-refractivity contribution < 1.29 is 19.1 Å². The number of carbonyl (C=O) groups excluding carboxylic acids is 1. The first-order chi connectivity index (χ1) is 5.74. The Morgan fingerprint density at radius 1 is 1.83 bits per heavy atom. The third-order valence-corrected chi connectivity index (χ3v) is 1.18. The van der Waals surface area contributed by atoms with E-state index in [1.165, 1.54) is 12.3 Å². The number of furan rings is 1. The van der Waals surface area contributed by atoms with Crippen LogP contribution in [0.5, 0.6) is 0 Å². The molecule has 0 spiro atoms. The molecule has 0 amide bonds. The van der Waals surface area contributed by atoms with E-state index < -0.39 is 12.3 Å². The molecule has 4 nitrogen and oxygen atoms in total. The van der Waals surface area contributed by atoms with Gasteiger partial charge in [0.05, 0.1) is 6.26 Å². The van der Waals surface area contributed by atoms with E-state index in [0.29, 0.717) is 0 Å². The summed E-state index contributed by atoms with van der Waals surface area (Å²) in [7, 11) is 0. The highest BCUT2D eigenvalue weighted by atomic mass is 16.6. The highest BCUT2D eigenvalue weighted by Crippen LogP contribution is 2.14. The number of hydrogen-bond acceptors (Lipinski definition) is 4. The van der Waals surface area contributed by atoms with E-state index in [1.54, 1.807) is 6.07 Å². The van der Waals surface area contributed by atoms with Crippen molar-refractivity contribution in [1.29, 1.82) is 0 Å². The Morgan fingerprint density at radius 3 is 3.08 bits per heavy atom. The number of hydrogen-bond donors (Lipinski definition) is 1. The Morgan fingerprint density at radius 2 is 2.58 bits per heavy atom. The molecule has 0 aromatic carbocycles. The Balaban J connectivity index is 2.55. The first-order valence-electron chi connectivity index (χ1n) is 3.28. The van der Waals surface area contributed by atoms with Crippen molar-refractivity contribution in [3.8, 4) is 0 Å². The second-order valence-corrected chi connectivity index (χ2v) is 2.01. The van der Waals surface area contributed by atoms with E-state index in [4.69, 9.17) is 9.52 Å². The summed E-state index contributed by atoms with van der Waals surface area (Å²) in [4.78, 5) is 10.6. The van der Waals surface area contributed by atoms with Crippen molar-refractivity contribution in [3.63, 3.8) is 0 Å². The van der Waals surface area contributed by atoms with Crippen LogP contribution >= 0.6 is 0 Å². The van der Waals surface area contributed by atoms with Gasteiger partial charge >= 0.3 is 5.97 Å². The summed E-state index contributed by atoms with van der Waals surface area (Å²) in [5.74, 6) is -0.510. The minimum atomic E-state index is -1.36. The summed E-state index contributed by atoms with van der Waals surface area (Å²) in [6.07, 6.45) is 0.984. The summed E-state index contributed by atoms with van der Waals surface area (Å²) in [6, 6.07) is 3.08. The lowest BCUT2D eigenvalue weighted by Crippen LogP contribution is -2.07. The SMILES string of the molecule is C=CC(=O)OC(O)c1ccco1. The van der Waals surface area contributed by atoms with Crippen molar-refractivity contribution >= 4 is 5.97 Å². The van der Waals surface area contributed by atoms with Gasteiger partial charge in [-0.15, -0.1) is 0 Å². The fraction of sp³-hybridized carbons (Fsp3) is 0.125. The molecule has 0 aliphatic rings. The van der Waals surface area contributed by atoms with Crippen LogP contribution in [0.15, 0.2) is 35.5 Å². The highest BCUT2D eigenvalue weighted by Gasteiger charge is 2.13. The molecule has 0 saturated carbocycles. The molecule has 0 radical (unpaired) electrons. The summed E-state index contributed by atoms with van der Waals surface area (Å²) in [6.45, 7) is 3.18. The zero-order chi connectivity index (χ0) is 8.97. The van der Waals surface area contributed by atoms with Crippen molar-refractivity contribution in [2.45, 2.75) is 6.29 Å². The van der Waals surface area contributed by atoms with E-state index >= 15 is 0 Å². The molecule has 1 aromatic rings. The molecule has 0 aliphatic carbocycles. The van der Waals surface area contributed by atoms with E-state index in [9.17, 15) is 4.79 Å². The normalized spacial score (nSPS) is 12.1. The number of carbonyl (C=O) groups is 1. The lowest BCUT2D eigenvalue weighted by molar-refractivity contribution is -0.165. The van der Waals surface area contributed by atoms with Gasteiger partial charge in [0.1, 0.15) is 0 Å². The molecule has 0 aliphatic heterocycles. The smallest absolute Gasteiger partial charge is 0.332 e. The molecule has 0 fully saturated rings. The third-order valence-electron chi connectivity index (χ3n) is 1.18. The lowest BCUT2D eigenvalue weighted by atomic mass is 10.4. The van der Waals surface area contributed by atoms with Crippen LogP contribution < -0.4 is 0 Å². The largest absolute Gasteiger partial charge is 0.463 e. The summed E-state index contributed by atoms with van der Waals surface area (Å²) >= 11 is 0. The van der Waals surface area contributed by atoms with Crippen molar-refractivity contribution in [1.82, 2.24) is 0 Å². The monoisotopic (exact) mass is 168 g/mol. The molecule has 0 bridgehead atoms. The maximum atomic E-state index is 10.6. The van der Waals surface area contributed by atoms with Crippen LogP contribution in [0.3, 0.4) is 0 Å². The fourth-order valence-electron chi connectivity index (χ4n) is 0.648. The van der Waals surface area contributed by atoms with Gasteiger partial charge in [-0.25, -0.2) is 4.79 Å². The number of rotatable bonds is 3. The molecule has 1 N–H and O–H groups in total. The zero-order valence-electron chi connectivity index (χ0n) is 6.27. The van der Waals surface area contributed by atoms with Crippen LogP contribution in [0.25, 0.3) is 0 Å². The van der Waals surface area contributed by atoms with Crippen molar-refractivity contribution in [2.24, 2.45) is 0 Å². The minimum Gasteiger partial charge on any atom is -0.463 e. The summed E-state index contributed by atoms with van der Waals surface area (Å²) in [5.41, 5.74) is 0. The minimum absolute atomic E-state index is 0.185. The Hall–Kier alpha value is -1.55. The average Bonchev–Trinajstić information content (AvgIpc) is 2.56. The van der Waals surface area contributed by atoms with Crippen molar-refractivity contribution in [2.75, 3.05) is 0 Å². The van der Waals surface area contributed by atoms with Crippen LogP contribution in [0.4, 0.5) is 0 Å². The maximum absolute atomic E-state index is 10.6. The molecule has 12 heavy (non-hydrogen) atoms. The van der Waals surface area contributed by atoms with Gasteiger partial charge in [0.15, 0.2) is 5.76 Å². The topological polar surface area (TPSA) is 59.7 Å².